The highest BCUT2D eigenvalue weighted by Gasteiger charge is 2.48. The van der Waals surface area contributed by atoms with Gasteiger partial charge in [0, 0.05) is 11.3 Å². The maximum Gasteiger partial charge on any atom is 0.246 e. The first-order chi connectivity index (χ1) is 9.56. The number of piperazine rings is 1. The first kappa shape index (κ1) is 14.2. The molecule has 0 aromatic carbocycles. The fourth-order valence-corrected chi connectivity index (χ4v) is 4.53. The van der Waals surface area contributed by atoms with Crippen molar-refractivity contribution in [3.05, 3.63) is 0 Å². The molecule has 0 spiro atoms. The lowest BCUT2D eigenvalue weighted by Crippen LogP contribution is -2.65. The van der Waals surface area contributed by atoms with Crippen molar-refractivity contribution in [2.24, 2.45) is 5.92 Å². The number of carbonyl (C=O) groups is 2. The predicted molar refractivity (Wildman–Crippen MR) is 80.5 cm³/mol. The fourth-order valence-electron chi connectivity index (χ4n) is 3.57. The van der Waals surface area contributed by atoms with Crippen LogP contribution in [0.3, 0.4) is 0 Å². The van der Waals surface area contributed by atoms with Crippen molar-refractivity contribution >= 4 is 23.6 Å². The topological polar surface area (TPSA) is 49.4 Å². The molecule has 2 saturated carbocycles. The molecule has 0 bridgehead atoms. The highest BCUT2D eigenvalue weighted by molar-refractivity contribution is 8.00. The molecule has 4 nitrogen and oxygen atoms in total. The van der Waals surface area contributed by atoms with Crippen LogP contribution in [-0.4, -0.2) is 46.3 Å². The highest BCUT2D eigenvalue weighted by Crippen LogP contribution is 2.42. The van der Waals surface area contributed by atoms with Gasteiger partial charge in [0.1, 0.15) is 12.1 Å². The van der Waals surface area contributed by atoms with Crippen molar-refractivity contribution in [1.29, 1.82) is 0 Å². The van der Waals surface area contributed by atoms with E-state index in [2.05, 4.69) is 11.6 Å². The molecule has 1 aliphatic heterocycles. The van der Waals surface area contributed by atoms with Crippen LogP contribution in [0.15, 0.2) is 0 Å². The Bertz CT molecular complexity index is 416. The predicted octanol–water partition coefficient (Wildman–Crippen LogP) is 1.79. The van der Waals surface area contributed by atoms with Gasteiger partial charge in [0.05, 0.1) is 0 Å². The zero-order chi connectivity index (χ0) is 14.3. The van der Waals surface area contributed by atoms with Gasteiger partial charge in [-0.1, -0.05) is 12.8 Å². The minimum absolute atomic E-state index is 0.0238. The van der Waals surface area contributed by atoms with E-state index in [1.807, 2.05) is 23.6 Å². The minimum atomic E-state index is -0.317. The first-order valence-electron chi connectivity index (χ1n) is 7.72. The van der Waals surface area contributed by atoms with E-state index in [-0.39, 0.29) is 28.6 Å². The lowest BCUT2D eigenvalue weighted by Gasteiger charge is -2.42. The molecule has 3 aliphatic rings. The summed E-state index contributed by atoms with van der Waals surface area (Å²) < 4.78 is 0.176. The van der Waals surface area contributed by atoms with Gasteiger partial charge in [-0.3, -0.25) is 9.59 Å². The molecule has 112 valence electrons. The molecule has 2 unspecified atom stereocenters. The quantitative estimate of drug-likeness (QED) is 0.860. The van der Waals surface area contributed by atoms with Gasteiger partial charge in [0.2, 0.25) is 11.8 Å². The average molecular weight is 296 g/mol. The second-order valence-electron chi connectivity index (χ2n) is 6.56. The summed E-state index contributed by atoms with van der Waals surface area (Å²) in [6, 6.07) is -0.568. The van der Waals surface area contributed by atoms with Gasteiger partial charge in [0.25, 0.3) is 0 Å². The Morgan fingerprint density at radius 1 is 1.30 bits per heavy atom. The van der Waals surface area contributed by atoms with Crippen LogP contribution in [0.5, 0.6) is 0 Å². The van der Waals surface area contributed by atoms with Crippen molar-refractivity contribution in [2.75, 3.05) is 12.8 Å². The second-order valence-corrected chi connectivity index (χ2v) is 7.83. The molecule has 1 N–H and O–H groups in total. The molecular weight excluding hydrogens is 272 g/mol. The third-order valence-corrected chi connectivity index (χ3v) is 6.60. The van der Waals surface area contributed by atoms with Gasteiger partial charge in [-0.25, -0.2) is 0 Å². The zero-order valence-corrected chi connectivity index (χ0v) is 13.2. The van der Waals surface area contributed by atoms with E-state index in [1.165, 1.54) is 25.7 Å². The molecule has 0 radical (unpaired) electrons. The SMILES string of the molecule is CSC1(CN2C(=O)C(C3CC3)NC(=O)C2C)CCCC1. The van der Waals surface area contributed by atoms with Crippen molar-refractivity contribution in [1.82, 2.24) is 10.2 Å². The van der Waals surface area contributed by atoms with Crippen molar-refractivity contribution in [2.45, 2.75) is 62.3 Å². The number of amides is 2. The van der Waals surface area contributed by atoms with E-state index >= 15 is 0 Å². The number of rotatable bonds is 4. The van der Waals surface area contributed by atoms with E-state index in [0.717, 1.165) is 19.4 Å². The van der Waals surface area contributed by atoms with Crippen molar-refractivity contribution in [3.8, 4) is 0 Å². The smallest absolute Gasteiger partial charge is 0.246 e. The molecule has 1 saturated heterocycles. The van der Waals surface area contributed by atoms with Gasteiger partial charge in [-0.2, -0.15) is 11.8 Å². The van der Waals surface area contributed by atoms with Crippen molar-refractivity contribution < 1.29 is 9.59 Å². The van der Waals surface area contributed by atoms with Gasteiger partial charge >= 0.3 is 0 Å². The molecule has 2 atom stereocenters. The molecule has 5 heteroatoms. The van der Waals surface area contributed by atoms with Crippen LogP contribution in [0.4, 0.5) is 0 Å². The number of hydrogen-bond donors (Lipinski definition) is 1. The molecule has 0 aromatic heterocycles. The van der Waals surface area contributed by atoms with Crippen LogP contribution in [0.1, 0.15) is 45.4 Å². The fraction of sp³-hybridized carbons (Fsp3) is 0.867. The van der Waals surface area contributed by atoms with E-state index in [1.54, 1.807) is 0 Å². The third kappa shape index (κ3) is 2.45. The molecule has 2 amide bonds. The summed E-state index contributed by atoms with van der Waals surface area (Å²) in [7, 11) is 0. The number of hydrogen-bond acceptors (Lipinski definition) is 3. The Balaban J connectivity index is 1.78. The summed E-state index contributed by atoms with van der Waals surface area (Å²) in [6.07, 6.45) is 9.12. The monoisotopic (exact) mass is 296 g/mol. The largest absolute Gasteiger partial charge is 0.342 e. The normalized spacial score (nSPS) is 33.4. The number of thioether (sulfide) groups is 1. The molecule has 20 heavy (non-hydrogen) atoms. The van der Waals surface area contributed by atoms with Crippen LogP contribution >= 0.6 is 11.8 Å². The molecular formula is C15H24N2O2S. The Labute approximate surface area is 125 Å². The van der Waals surface area contributed by atoms with Crippen LogP contribution < -0.4 is 5.32 Å². The van der Waals surface area contributed by atoms with E-state index in [9.17, 15) is 9.59 Å². The summed E-state index contributed by atoms with van der Waals surface area (Å²) in [5, 5.41) is 2.93. The van der Waals surface area contributed by atoms with E-state index < -0.39 is 0 Å². The third-order valence-electron chi connectivity index (χ3n) is 5.19. The number of nitrogens with zero attached hydrogens (tertiary/aromatic N) is 1. The standard InChI is InChI=1S/C15H24N2O2S/c1-10-13(18)16-12(11-5-6-11)14(19)17(10)9-15(20-2)7-3-4-8-15/h10-12H,3-9H2,1-2H3,(H,16,18). The lowest BCUT2D eigenvalue weighted by molar-refractivity contribution is -0.149. The minimum Gasteiger partial charge on any atom is -0.342 e. The Morgan fingerprint density at radius 2 is 1.95 bits per heavy atom. The zero-order valence-electron chi connectivity index (χ0n) is 12.4. The van der Waals surface area contributed by atoms with E-state index in [4.69, 9.17) is 0 Å². The summed E-state index contributed by atoms with van der Waals surface area (Å²) in [4.78, 5) is 26.7. The molecule has 2 aliphatic carbocycles. The van der Waals surface area contributed by atoms with Crippen LogP contribution in [0, 0.1) is 5.92 Å². The number of carbonyl (C=O) groups excluding carboxylic acids is 2. The number of nitrogens with one attached hydrogen (secondary N) is 1. The Hall–Kier alpha value is -0.710. The maximum atomic E-state index is 12.7. The van der Waals surface area contributed by atoms with Crippen LogP contribution in [-0.2, 0) is 9.59 Å². The van der Waals surface area contributed by atoms with Gasteiger partial charge in [0.15, 0.2) is 0 Å². The van der Waals surface area contributed by atoms with Gasteiger partial charge < -0.3 is 10.2 Å². The van der Waals surface area contributed by atoms with Crippen LogP contribution in [0.25, 0.3) is 0 Å². The van der Waals surface area contributed by atoms with Crippen LogP contribution in [0.2, 0.25) is 0 Å². The van der Waals surface area contributed by atoms with Gasteiger partial charge in [-0.15, -0.1) is 0 Å². The summed E-state index contributed by atoms with van der Waals surface area (Å²) in [5.74, 6) is 0.561. The average Bonchev–Trinajstić information content (AvgIpc) is 3.18. The van der Waals surface area contributed by atoms with Crippen molar-refractivity contribution in [3.63, 3.8) is 0 Å². The Morgan fingerprint density at radius 3 is 2.50 bits per heavy atom. The summed E-state index contributed by atoms with van der Waals surface area (Å²) >= 11 is 1.88. The van der Waals surface area contributed by atoms with E-state index in [0.29, 0.717) is 5.92 Å². The Kier molecular flexibility index (Phi) is 3.73. The highest BCUT2D eigenvalue weighted by atomic mass is 32.2. The maximum absolute atomic E-state index is 12.7. The second kappa shape index (κ2) is 5.24. The molecule has 3 rings (SSSR count). The molecule has 1 heterocycles. The van der Waals surface area contributed by atoms with Gasteiger partial charge in [-0.05, 0) is 44.8 Å². The molecule has 0 aromatic rings. The molecule has 3 fully saturated rings. The first-order valence-corrected chi connectivity index (χ1v) is 8.95. The lowest BCUT2D eigenvalue weighted by atomic mass is 10.00. The summed E-state index contributed by atoms with van der Waals surface area (Å²) in [6.45, 7) is 2.60. The summed E-state index contributed by atoms with van der Waals surface area (Å²) in [5.41, 5.74) is 0.